The summed E-state index contributed by atoms with van der Waals surface area (Å²) in [6.07, 6.45) is 0. The van der Waals surface area contributed by atoms with Gasteiger partial charge in [-0.25, -0.2) is 4.98 Å². The highest BCUT2D eigenvalue weighted by atomic mass is 32.2. The highest BCUT2D eigenvalue weighted by Gasteiger charge is 2.25. The van der Waals surface area contributed by atoms with E-state index in [9.17, 15) is 9.59 Å². The molecular weight excluding hydrogens is 414 g/mol. The monoisotopic (exact) mass is 439 g/mol. The lowest BCUT2D eigenvalue weighted by molar-refractivity contribution is -0.150. The summed E-state index contributed by atoms with van der Waals surface area (Å²) >= 11 is 1.16. The molecule has 31 heavy (non-hydrogen) atoms. The van der Waals surface area contributed by atoms with Crippen LogP contribution >= 0.6 is 11.8 Å². The fourth-order valence-corrected chi connectivity index (χ4v) is 4.25. The number of amides is 1. The van der Waals surface area contributed by atoms with E-state index in [-0.39, 0.29) is 18.3 Å². The van der Waals surface area contributed by atoms with Crippen LogP contribution < -0.4 is 0 Å². The van der Waals surface area contributed by atoms with Gasteiger partial charge in [0, 0.05) is 32.2 Å². The molecule has 2 aromatic carbocycles. The van der Waals surface area contributed by atoms with E-state index in [0.717, 1.165) is 30.4 Å². The van der Waals surface area contributed by atoms with Gasteiger partial charge in [0.2, 0.25) is 0 Å². The maximum absolute atomic E-state index is 12.4. The Morgan fingerprint density at radius 2 is 1.77 bits per heavy atom. The molecule has 1 aromatic heterocycles. The number of piperazine rings is 1. The minimum absolute atomic E-state index is 0.0441. The normalized spacial score (nSPS) is 15.7. The highest BCUT2D eigenvalue weighted by molar-refractivity contribution is 7.99. The zero-order valence-electron chi connectivity index (χ0n) is 17.4. The molecule has 1 unspecified atom stereocenters. The van der Waals surface area contributed by atoms with Crippen LogP contribution in [-0.4, -0.2) is 65.2 Å². The topological polar surface area (TPSA) is 75.9 Å². The number of carbonyl (C=O) groups is 2. The maximum atomic E-state index is 12.4. The molecule has 1 aliphatic heterocycles. The molecule has 0 bridgehead atoms. The Balaban J connectivity index is 1.18. The molecule has 7 nitrogen and oxygen atoms in total. The summed E-state index contributed by atoms with van der Waals surface area (Å²) in [6.45, 7) is 4.80. The Labute approximate surface area is 185 Å². The van der Waals surface area contributed by atoms with Gasteiger partial charge in [-0.1, -0.05) is 54.2 Å². The van der Waals surface area contributed by atoms with Crippen molar-refractivity contribution < 1.29 is 18.7 Å². The zero-order valence-corrected chi connectivity index (χ0v) is 18.2. The molecule has 1 aliphatic rings. The van der Waals surface area contributed by atoms with Crippen molar-refractivity contribution in [1.82, 2.24) is 14.8 Å². The van der Waals surface area contributed by atoms with Crippen LogP contribution in [0.4, 0.5) is 0 Å². The van der Waals surface area contributed by atoms with Gasteiger partial charge >= 0.3 is 5.97 Å². The number of fused-ring (bicyclic) bond motifs is 1. The second-order valence-electron chi connectivity index (χ2n) is 7.40. The lowest BCUT2D eigenvalue weighted by atomic mass is 10.1. The van der Waals surface area contributed by atoms with Gasteiger partial charge in [-0.05, 0) is 24.6 Å². The van der Waals surface area contributed by atoms with Gasteiger partial charge in [-0.2, -0.15) is 0 Å². The molecule has 1 atom stereocenters. The van der Waals surface area contributed by atoms with Crippen molar-refractivity contribution in [2.45, 2.75) is 18.2 Å². The lowest BCUT2D eigenvalue weighted by Crippen LogP contribution is -2.50. The van der Waals surface area contributed by atoms with Crippen LogP contribution in [0.5, 0.6) is 0 Å². The lowest BCUT2D eigenvalue weighted by Gasteiger charge is -2.38. The summed E-state index contributed by atoms with van der Waals surface area (Å²) in [7, 11) is 0. The van der Waals surface area contributed by atoms with Gasteiger partial charge in [0.15, 0.2) is 12.2 Å². The molecule has 3 aromatic rings. The first-order chi connectivity index (χ1) is 15.1. The van der Waals surface area contributed by atoms with E-state index in [1.54, 1.807) is 4.90 Å². The van der Waals surface area contributed by atoms with E-state index in [1.807, 2.05) is 42.5 Å². The van der Waals surface area contributed by atoms with Crippen LogP contribution in [0.1, 0.15) is 18.5 Å². The Morgan fingerprint density at radius 3 is 2.52 bits per heavy atom. The summed E-state index contributed by atoms with van der Waals surface area (Å²) in [5, 5.41) is 0.410. The van der Waals surface area contributed by atoms with E-state index < -0.39 is 5.97 Å². The molecule has 0 N–H and O–H groups in total. The van der Waals surface area contributed by atoms with E-state index in [2.05, 4.69) is 28.9 Å². The number of oxazole rings is 1. The smallest absolute Gasteiger partial charge is 0.316 e. The maximum Gasteiger partial charge on any atom is 0.316 e. The Morgan fingerprint density at radius 1 is 1.06 bits per heavy atom. The van der Waals surface area contributed by atoms with E-state index in [0.29, 0.717) is 29.9 Å². The third-order valence-corrected chi connectivity index (χ3v) is 6.24. The first kappa shape index (κ1) is 21.4. The predicted octanol–water partition coefficient (Wildman–Crippen LogP) is 3.37. The largest absolute Gasteiger partial charge is 0.455 e. The van der Waals surface area contributed by atoms with Crippen LogP contribution in [0.3, 0.4) is 0 Å². The molecule has 0 saturated carbocycles. The highest BCUT2D eigenvalue weighted by Crippen LogP contribution is 2.23. The number of esters is 1. The number of rotatable bonds is 7. The van der Waals surface area contributed by atoms with Crippen molar-refractivity contribution in [3.8, 4) is 0 Å². The molecular formula is C23H25N3O4S. The molecule has 8 heteroatoms. The van der Waals surface area contributed by atoms with Gasteiger partial charge < -0.3 is 14.1 Å². The van der Waals surface area contributed by atoms with Crippen molar-refractivity contribution in [2.75, 3.05) is 38.5 Å². The molecule has 1 saturated heterocycles. The number of aromatic nitrogens is 1. The molecule has 1 amide bonds. The van der Waals surface area contributed by atoms with Crippen LogP contribution in [-0.2, 0) is 14.3 Å². The minimum atomic E-state index is -0.461. The van der Waals surface area contributed by atoms with Crippen LogP contribution in [0.25, 0.3) is 11.1 Å². The second-order valence-corrected chi connectivity index (χ2v) is 8.33. The number of thioether (sulfide) groups is 1. The van der Waals surface area contributed by atoms with E-state index >= 15 is 0 Å². The van der Waals surface area contributed by atoms with Gasteiger partial charge in [0.1, 0.15) is 11.3 Å². The number of ether oxygens (including phenoxy) is 1. The molecule has 1 fully saturated rings. The summed E-state index contributed by atoms with van der Waals surface area (Å²) < 4.78 is 10.7. The number of hydrogen-bond acceptors (Lipinski definition) is 7. The number of carbonyl (C=O) groups excluding carboxylic acids is 2. The Bertz CT molecular complexity index is 998. The number of benzene rings is 2. The third-order valence-electron chi connectivity index (χ3n) is 5.44. The van der Waals surface area contributed by atoms with Crippen molar-refractivity contribution in [2.24, 2.45) is 0 Å². The van der Waals surface area contributed by atoms with Crippen molar-refractivity contribution in [3.05, 3.63) is 60.2 Å². The van der Waals surface area contributed by atoms with E-state index in [1.165, 1.54) is 5.56 Å². The quantitative estimate of drug-likeness (QED) is 0.413. The van der Waals surface area contributed by atoms with Crippen LogP contribution in [0.15, 0.2) is 64.2 Å². The molecule has 0 radical (unpaired) electrons. The molecule has 0 aliphatic carbocycles. The first-order valence-corrected chi connectivity index (χ1v) is 11.3. The van der Waals surface area contributed by atoms with Gasteiger partial charge in [0.05, 0.1) is 0 Å². The minimum Gasteiger partial charge on any atom is -0.455 e. The van der Waals surface area contributed by atoms with Gasteiger partial charge in [-0.3, -0.25) is 14.5 Å². The fraction of sp³-hybridized carbons (Fsp3) is 0.348. The fourth-order valence-electron chi connectivity index (χ4n) is 3.61. The summed E-state index contributed by atoms with van der Waals surface area (Å²) in [5.41, 5.74) is 2.69. The number of hydrogen-bond donors (Lipinski definition) is 0. The molecule has 4 rings (SSSR count). The first-order valence-electron chi connectivity index (χ1n) is 10.3. The average molecular weight is 440 g/mol. The Hall–Kier alpha value is -2.84. The predicted molar refractivity (Wildman–Crippen MR) is 119 cm³/mol. The summed E-state index contributed by atoms with van der Waals surface area (Å²) in [4.78, 5) is 32.9. The summed E-state index contributed by atoms with van der Waals surface area (Å²) in [6, 6.07) is 18.1. The van der Waals surface area contributed by atoms with Crippen LogP contribution in [0, 0.1) is 0 Å². The van der Waals surface area contributed by atoms with Crippen molar-refractivity contribution >= 4 is 34.7 Å². The SMILES string of the molecule is CC(c1ccccc1)N1CCN(C(=O)COC(=O)CSc2nc3ccccc3o2)CC1. The zero-order chi connectivity index (χ0) is 21.6. The van der Waals surface area contributed by atoms with Crippen molar-refractivity contribution in [3.63, 3.8) is 0 Å². The molecule has 162 valence electrons. The number of nitrogens with zero attached hydrogens (tertiary/aromatic N) is 3. The molecule has 0 spiro atoms. The second kappa shape index (κ2) is 9.98. The summed E-state index contributed by atoms with van der Waals surface area (Å²) in [5.74, 6) is -0.577. The van der Waals surface area contributed by atoms with Crippen molar-refractivity contribution in [1.29, 1.82) is 0 Å². The van der Waals surface area contributed by atoms with Gasteiger partial charge in [-0.15, -0.1) is 0 Å². The van der Waals surface area contributed by atoms with Gasteiger partial charge in [0.25, 0.3) is 11.1 Å². The number of para-hydroxylation sites is 2. The van der Waals surface area contributed by atoms with Crippen LogP contribution in [0.2, 0.25) is 0 Å². The molecule has 2 heterocycles. The third kappa shape index (κ3) is 5.45. The average Bonchev–Trinajstić information content (AvgIpc) is 3.24. The van der Waals surface area contributed by atoms with E-state index in [4.69, 9.17) is 9.15 Å². The Kier molecular flexibility index (Phi) is 6.89. The standard InChI is InChI=1S/C23H25N3O4S/c1-17(18-7-3-2-4-8-18)25-11-13-26(14-12-25)21(27)15-29-22(28)16-31-23-24-19-9-5-6-10-20(19)30-23/h2-10,17H,11-16H2,1H3.